The Morgan fingerprint density at radius 2 is 1.93 bits per heavy atom. The Kier molecular flexibility index (Phi) is 5.76. The van der Waals surface area contributed by atoms with Crippen LogP contribution in [-0.2, 0) is 14.3 Å². The lowest BCUT2D eigenvalue weighted by Crippen LogP contribution is -2.34. The zero-order valence-corrected chi connectivity index (χ0v) is 15.9. The van der Waals surface area contributed by atoms with Crippen LogP contribution in [-0.4, -0.2) is 18.4 Å². The molecule has 0 spiro atoms. The van der Waals surface area contributed by atoms with Gasteiger partial charge in [-0.2, -0.15) is 0 Å². The van der Waals surface area contributed by atoms with Crippen LogP contribution in [0.25, 0.3) is 5.57 Å². The van der Waals surface area contributed by atoms with E-state index in [1.165, 1.54) is 18.2 Å². The summed E-state index contributed by atoms with van der Waals surface area (Å²) >= 11 is 5.94. The van der Waals surface area contributed by atoms with Crippen LogP contribution >= 0.6 is 11.6 Å². The first-order valence-electron chi connectivity index (χ1n) is 8.83. The lowest BCUT2D eigenvalue weighted by Gasteiger charge is -2.29. The van der Waals surface area contributed by atoms with Gasteiger partial charge in [-0.15, -0.1) is 0 Å². The molecule has 0 N–H and O–H groups in total. The number of ether oxygens (including phenoxy) is 1. The highest BCUT2D eigenvalue weighted by molar-refractivity contribution is 6.30. The summed E-state index contributed by atoms with van der Waals surface area (Å²) in [4.78, 5) is 25.3. The highest BCUT2D eigenvalue weighted by Crippen LogP contribution is 2.41. The van der Waals surface area contributed by atoms with Crippen LogP contribution in [0.4, 0.5) is 4.39 Å². The van der Waals surface area contributed by atoms with E-state index in [1.54, 1.807) is 13.0 Å². The van der Waals surface area contributed by atoms with Crippen molar-refractivity contribution < 1.29 is 18.7 Å². The van der Waals surface area contributed by atoms with E-state index >= 15 is 0 Å². The second-order valence-electron chi connectivity index (χ2n) is 6.65. The fraction of sp³-hybridized carbons (Fsp3) is 0.273. The molecule has 1 aliphatic carbocycles. The Hall–Kier alpha value is -2.46. The summed E-state index contributed by atoms with van der Waals surface area (Å²) in [6, 6.07) is 12.2. The number of carbonyl (C=O) groups excluding carboxylic acids is 2. The first-order valence-corrected chi connectivity index (χ1v) is 9.21. The third-order valence-electron chi connectivity index (χ3n) is 4.80. The first kappa shape index (κ1) is 19.3. The molecule has 0 aromatic heterocycles. The van der Waals surface area contributed by atoms with Gasteiger partial charge in [0.1, 0.15) is 11.7 Å². The number of carbonyl (C=O) groups is 2. The summed E-state index contributed by atoms with van der Waals surface area (Å²) in [5.74, 6) is -2.82. The van der Waals surface area contributed by atoms with Crippen molar-refractivity contribution in [2.75, 3.05) is 6.61 Å². The van der Waals surface area contributed by atoms with Crippen LogP contribution in [0, 0.1) is 18.7 Å². The molecule has 2 aromatic rings. The van der Waals surface area contributed by atoms with Crippen molar-refractivity contribution in [3.8, 4) is 0 Å². The Labute approximate surface area is 162 Å². The van der Waals surface area contributed by atoms with Gasteiger partial charge in [0.15, 0.2) is 5.78 Å². The fourth-order valence-corrected chi connectivity index (χ4v) is 3.60. The molecule has 0 heterocycles. The standard InChI is InChI=1S/C22H20ClFO3/c1-3-27-22(26)21-17(15-8-9-19(24)18(23)11-15)10-16(12-20(21)25)14-6-4-13(2)5-7-14/h4-9,11-12,17,21H,3,10H2,1-2H3/t17-,21+/m1/s1. The molecule has 140 valence electrons. The van der Waals surface area contributed by atoms with Gasteiger partial charge in [0.2, 0.25) is 0 Å². The SMILES string of the molecule is CCOC(=O)[C@@H]1C(=O)C=C(c2ccc(C)cc2)C[C@@H]1c1ccc(F)c(Cl)c1. The quantitative estimate of drug-likeness (QED) is 0.542. The topological polar surface area (TPSA) is 43.4 Å². The molecule has 0 aliphatic heterocycles. The van der Waals surface area contributed by atoms with Crippen LogP contribution < -0.4 is 0 Å². The van der Waals surface area contributed by atoms with E-state index < -0.39 is 23.6 Å². The zero-order valence-electron chi connectivity index (χ0n) is 15.2. The summed E-state index contributed by atoms with van der Waals surface area (Å²) in [6.45, 7) is 3.88. The average Bonchev–Trinajstić information content (AvgIpc) is 2.64. The monoisotopic (exact) mass is 386 g/mol. The van der Waals surface area contributed by atoms with E-state index in [9.17, 15) is 14.0 Å². The number of halogens is 2. The number of ketones is 1. The van der Waals surface area contributed by atoms with Crippen molar-refractivity contribution >= 4 is 28.9 Å². The van der Waals surface area contributed by atoms with Gasteiger partial charge in [-0.05, 0) is 55.2 Å². The third-order valence-corrected chi connectivity index (χ3v) is 5.09. The van der Waals surface area contributed by atoms with Crippen LogP contribution in [0.2, 0.25) is 5.02 Å². The molecular weight excluding hydrogens is 367 g/mol. The van der Waals surface area contributed by atoms with E-state index in [0.29, 0.717) is 12.0 Å². The Bertz CT molecular complexity index is 902. The lowest BCUT2D eigenvalue weighted by atomic mass is 9.73. The van der Waals surface area contributed by atoms with E-state index in [-0.39, 0.29) is 17.4 Å². The van der Waals surface area contributed by atoms with Gasteiger partial charge in [0.05, 0.1) is 11.6 Å². The number of esters is 1. The second kappa shape index (κ2) is 8.05. The second-order valence-corrected chi connectivity index (χ2v) is 7.06. The fourth-order valence-electron chi connectivity index (χ4n) is 3.41. The van der Waals surface area contributed by atoms with Crippen molar-refractivity contribution in [1.29, 1.82) is 0 Å². The molecule has 0 unspecified atom stereocenters. The molecule has 2 aromatic carbocycles. The molecule has 0 fully saturated rings. The molecule has 3 rings (SSSR count). The number of aryl methyl sites for hydroxylation is 1. The summed E-state index contributed by atoms with van der Waals surface area (Å²) in [5, 5.41) is -0.0333. The number of hydrogen-bond acceptors (Lipinski definition) is 3. The highest BCUT2D eigenvalue weighted by Gasteiger charge is 2.39. The minimum Gasteiger partial charge on any atom is -0.465 e. The van der Waals surface area contributed by atoms with Crippen molar-refractivity contribution in [3.63, 3.8) is 0 Å². The molecular formula is C22H20ClFO3. The summed E-state index contributed by atoms with van der Waals surface area (Å²) in [6.07, 6.45) is 1.98. The van der Waals surface area contributed by atoms with Gasteiger partial charge >= 0.3 is 5.97 Å². The van der Waals surface area contributed by atoms with Crippen molar-refractivity contribution in [2.24, 2.45) is 5.92 Å². The minimum absolute atomic E-state index is 0.0333. The van der Waals surface area contributed by atoms with E-state index in [4.69, 9.17) is 16.3 Å². The molecule has 0 radical (unpaired) electrons. The molecule has 27 heavy (non-hydrogen) atoms. The van der Waals surface area contributed by atoms with Gasteiger partial charge in [-0.3, -0.25) is 9.59 Å². The molecule has 0 saturated carbocycles. The molecule has 5 heteroatoms. The van der Waals surface area contributed by atoms with Gasteiger partial charge < -0.3 is 4.74 Å². The van der Waals surface area contributed by atoms with Crippen molar-refractivity contribution in [3.05, 3.63) is 76.1 Å². The van der Waals surface area contributed by atoms with E-state index in [1.807, 2.05) is 31.2 Å². The van der Waals surface area contributed by atoms with E-state index in [0.717, 1.165) is 16.7 Å². The number of allylic oxidation sites excluding steroid dienone is 2. The van der Waals surface area contributed by atoms with Crippen molar-refractivity contribution in [1.82, 2.24) is 0 Å². The van der Waals surface area contributed by atoms with Crippen molar-refractivity contribution in [2.45, 2.75) is 26.2 Å². The summed E-state index contributed by atoms with van der Waals surface area (Å²) < 4.78 is 18.7. The van der Waals surface area contributed by atoms with E-state index in [2.05, 4.69) is 0 Å². The predicted octanol–water partition coefficient (Wildman–Crippen LogP) is 5.11. The minimum atomic E-state index is -0.958. The molecule has 3 nitrogen and oxygen atoms in total. The number of benzene rings is 2. The maximum absolute atomic E-state index is 13.6. The zero-order chi connectivity index (χ0) is 19.6. The predicted molar refractivity (Wildman–Crippen MR) is 103 cm³/mol. The molecule has 0 bridgehead atoms. The Balaban J connectivity index is 2.04. The smallest absolute Gasteiger partial charge is 0.317 e. The summed E-state index contributed by atoms with van der Waals surface area (Å²) in [7, 11) is 0. The van der Waals surface area contributed by atoms with Crippen LogP contribution in [0.5, 0.6) is 0 Å². The molecule has 0 saturated heterocycles. The molecule has 2 atom stereocenters. The van der Waals surface area contributed by atoms with Gasteiger partial charge in [-0.1, -0.05) is 47.5 Å². The highest BCUT2D eigenvalue weighted by atomic mass is 35.5. The van der Waals surface area contributed by atoms with Gasteiger partial charge in [-0.25, -0.2) is 4.39 Å². The summed E-state index contributed by atoms with van der Waals surface area (Å²) in [5.41, 5.74) is 3.53. The molecule has 1 aliphatic rings. The molecule has 0 amide bonds. The largest absolute Gasteiger partial charge is 0.465 e. The maximum Gasteiger partial charge on any atom is 0.317 e. The van der Waals surface area contributed by atoms with Crippen LogP contribution in [0.3, 0.4) is 0 Å². The normalized spacial score (nSPS) is 19.6. The van der Waals surface area contributed by atoms with Crippen LogP contribution in [0.15, 0.2) is 48.5 Å². The third kappa shape index (κ3) is 4.11. The Morgan fingerprint density at radius 3 is 2.56 bits per heavy atom. The Morgan fingerprint density at radius 1 is 1.22 bits per heavy atom. The number of hydrogen-bond donors (Lipinski definition) is 0. The van der Waals surface area contributed by atoms with Gasteiger partial charge in [0, 0.05) is 5.92 Å². The first-order chi connectivity index (χ1) is 12.9. The van der Waals surface area contributed by atoms with Crippen LogP contribution in [0.1, 0.15) is 36.0 Å². The average molecular weight is 387 g/mol. The number of rotatable bonds is 4. The maximum atomic E-state index is 13.6. The van der Waals surface area contributed by atoms with Gasteiger partial charge in [0.25, 0.3) is 0 Å². The lowest BCUT2D eigenvalue weighted by molar-refractivity contribution is -0.151.